The highest BCUT2D eigenvalue weighted by Crippen LogP contribution is 2.29. The summed E-state index contributed by atoms with van der Waals surface area (Å²) < 4.78 is 4.86. The molecule has 0 heterocycles. The van der Waals surface area contributed by atoms with Crippen molar-refractivity contribution in [1.82, 2.24) is 0 Å². The van der Waals surface area contributed by atoms with Crippen LogP contribution < -0.4 is 10.1 Å². The minimum atomic E-state index is -0.547. The Balaban J connectivity index is 2.92. The van der Waals surface area contributed by atoms with Crippen LogP contribution in [0.2, 0.25) is 0 Å². The van der Waals surface area contributed by atoms with Crippen LogP contribution in [0.15, 0.2) is 18.2 Å². The van der Waals surface area contributed by atoms with Crippen molar-refractivity contribution >= 4 is 17.3 Å². The largest absolute Gasteiger partial charge is 0.490 e. The van der Waals surface area contributed by atoms with Crippen LogP contribution in [0.4, 0.5) is 11.4 Å². The lowest BCUT2D eigenvalue weighted by atomic mass is 10.2. The summed E-state index contributed by atoms with van der Waals surface area (Å²) in [4.78, 5) is 21.5. The molecule has 1 aromatic rings. The SMILES string of the molecule is CCCC(=O)Nc1ccc(OC)c([N+](=O)[O-])c1. The van der Waals surface area contributed by atoms with Gasteiger partial charge in [0.25, 0.3) is 0 Å². The van der Waals surface area contributed by atoms with Gasteiger partial charge in [0, 0.05) is 18.2 Å². The number of nitrogens with zero attached hydrogens (tertiary/aromatic N) is 1. The van der Waals surface area contributed by atoms with Gasteiger partial charge in [-0.15, -0.1) is 0 Å². The van der Waals surface area contributed by atoms with E-state index >= 15 is 0 Å². The first-order valence-electron chi connectivity index (χ1n) is 5.20. The van der Waals surface area contributed by atoms with Gasteiger partial charge in [0.1, 0.15) is 0 Å². The molecular weight excluding hydrogens is 224 g/mol. The van der Waals surface area contributed by atoms with Crippen LogP contribution in [-0.4, -0.2) is 17.9 Å². The summed E-state index contributed by atoms with van der Waals surface area (Å²) in [6.45, 7) is 1.88. The first kappa shape index (κ1) is 13.0. The Morgan fingerprint density at radius 1 is 1.53 bits per heavy atom. The van der Waals surface area contributed by atoms with E-state index in [9.17, 15) is 14.9 Å². The number of hydrogen-bond donors (Lipinski definition) is 1. The third-order valence-electron chi connectivity index (χ3n) is 2.14. The molecule has 1 rings (SSSR count). The zero-order valence-electron chi connectivity index (χ0n) is 9.73. The molecule has 0 aliphatic heterocycles. The van der Waals surface area contributed by atoms with Gasteiger partial charge in [0.15, 0.2) is 5.75 Å². The standard InChI is InChI=1S/C11H14N2O4/c1-3-4-11(14)12-8-5-6-10(17-2)9(7-8)13(15)16/h5-7H,3-4H2,1-2H3,(H,12,14). The molecule has 0 spiro atoms. The molecule has 0 radical (unpaired) electrons. The summed E-state index contributed by atoms with van der Waals surface area (Å²) in [6, 6.07) is 4.31. The van der Waals surface area contributed by atoms with E-state index < -0.39 is 4.92 Å². The zero-order valence-corrected chi connectivity index (χ0v) is 9.73. The van der Waals surface area contributed by atoms with Gasteiger partial charge in [-0.2, -0.15) is 0 Å². The molecule has 6 nitrogen and oxygen atoms in total. The van der Waals surface area contributed by atoms with E-state index in [-0.39, 0.29) is 17.3 Å². The van der Waals surface area contributed by atoms with Crippen LogP contribution in [0.25, 0.3) is 0 Å². The Bertz CT molecular complexity index is 431. The predicted molar refractivity (Wildman–Crippen MR) is 63.2 cm³/mol. The van der Waals surface area contributed by atoms with Crippen LogP contribution in [0.3, 0.4) is 0 Å². The molecule has 0 fully saturated rings. The average Bonchev–Trinajstić information content (AvgIpc) is 2.29. The quantitative estimate of drug-likeness (QED) is 0.630. The van der Waals surface area contributed by atoms with Crippen molar-refractivity contribution in [2.75, 3.05) is 12.4 Å². The van der Waals surface area contributed by atoms with E-state index in [0.717, 1.165) is 6.42 Å². The smallest absolute Gasteiger partial charge is 0.312 e. The molecule has 0 aliphatic rings. The first-order chi connectivity index (χ1) is 8.08. The Hall–Kier alpha value is -2.11. The lowest BCUT2D eigenvalue weighted by Crippen LogP contribution is -2.10. The molecule has 0 aromatic heterocycles. The second-order valence-electron chi connectivity index (χ2n) is 3.44. The maximum Gasteiger partial charge on any atom is 0.312 e. The predicted octanol–water partition coefficient (Wildman–Crippen LogP) is 2.34. The molecule has 1 N–H and O–H groups in total. The van der Waals surface area contributed by atoms with E-state index in [2.05, 4.69) is 5.32 Å². The Kier molecular flexibility index (Phi) is 4.45. The van der Waals surface area contributed by atoms with Gasteiger partial charge in [-0.25, -0.2) is 0 Å². The number of methoxy groups -OCH3 is 1. The number of carbonyl (C=O) groups is 1. The number of nitro groups is 1. The molecule has 17 heavy (non-hydrogen) atoms. The summed E-state index contributed by atoms with van der Waals surface area (Å²) in [5.41, 5.74) is 0.234. The lowest BCUT2D eigenvalue weighted by molar-refractivity contribution is -0.385. The van der Waals surface area contributed by atoms with Crippen molar-refractivity contribution in [1.29, 1.82) is 0 Å². The third kappa shape index (κ3) is 3.44. The van der Waals surface area contributed by atoms with Gasteiger partial charge in [0.2, 0.25) is 5.91 Å². The highest BCUT2D eigenvalue weighted by atomic mass is 16.6. The lowest BCUT2D eigenvalue weighted by Gasteiger charge is -2.06. The number of ether oxygens (including phenoxy) is 1. The minimum absolute atomic E-state index is 0.160. The van der Waals surface area contributed by atoms with Crippen LogP contribution in [0.1, 0.15) is 19.8 Å². The second-order valence-corrected chi connectivity index (χ2v) is 3.44. The van der Waals surface area contributed by atoms with Gasteiger partial charge in [0.05, 0.1) is 12.0 Å². The Labute approximate surface area is 98.7 Å². The molecule has 0 saturated heterocycles. The zero-order chi connectivity index (χ0) is 12.8. The van der Waals surface area contributed by atoms with Crippen molar-refractivity contribution < 1.29 is 14.5 Å². The van der Waals surface area contributed by atoms with Crippen LogP contribution in [0.5, 0.6) is 5.75 Å². The number of nitro benzene ring substituents is 1. The first-order valence-corrected chi connectivity index (χ1v) is 5.20. The summed E-state index contributed by atoms with van der Waals surface area (Å²) in [7, 11) is 1.36. The molecule has 1 aromatic carbocycles. The maximum atomic E-state index is 11.3. The summed E-state index contributed by atoms with van der Waals surface area (Å²) in [5.74, 6) is 0.00968. The topological polar surface area (TPSA) is 81.5 Å². The van der Waals surface area contributed by atoms with E-state index in [1.165, 1.54) is 19.2 Å². The number of carbonyl (C=O) groups excluding carboxylic acids is 1. The number of amides is 1. The molecule has 0 saturated carbocycles. The van der Waals surface area contributed by atoms with Crippen LogP contribution in [0, 0.1) is 10.1 Å². The number of rotatable bonds is 5. The summed E-state index contributed by atoms with van der Waals surface area (Å²) >= 11 is 0. The number of anilines is 1. The number of nitrogens with one attached hydrogen (secondary N) is 1. The molecule has 0 atom stereocenters. The van der Waals surface area contributed by atoms with Crippen molar-refractivity contribution in [3.63, 3.8) is 0 Å². The highest BCUT2D eigenvalue weighted by Gasteiger charge is 2.15. The Morgan fingerprint density at radius 2 is 2.24 bits per heavy atom. The third-order valence-corrected chi connectivity index (χ3v) is 2.14. The van der Waals surface area contributed by atoms with Crippen molar-refractivity contribution in [3.8, 4) is 5.75 Å². The number of hydrogen-bond acceptors (Lipinski definition) is 4. The maximum absolute atomic E-state index is 11.3. The molecule has 0 unspecified atom stereocenters. The van der Waals surface area contributed by atoms with Crippen LogP contribution >= 0.6 is 0 Å². The average molecular weight is 238 g/mol. The van der Waals surface area contributed by atoms with Gasteiger partial charge < -0.3 is 10.1 Å². The van der Waals surface area contributed by atoms with E-state index in [1.807, 2.05) is 6.92 Å². The van der Waals surface area contributed by atoms with Gasteiger partial charge in [-0.3, -0.25) is 14.9 Å². The van der Waals surface area contributed by atoms with Crippen molar-refractivity contribution in [2.45, 2.75) is 19.8 Å². The van der Waals surface area contributed by atoms with Gasteiger partial charge in [-0.05, 0) is 18.6 Å². The highest BCUT2D eigenvalue weighted by molar-refractivity contribution is 5.91. The molecule has 6 heteroatoms. The van der Waals surface area contributed by atoms with Crippen molar-refractivity contribution in [2.24, 2.45) is 0 Å². The van der Waals surface area contributed by atoms with Gasteiger partial charge in [-0.1, -0.05) is 6.92 Å². The normalized spacial score (nSPS) is 9.76. The van der Waals surface area contributed by atoms with E-state index in [1.54, 1.807) is 6.07 Å². The molecule has 0 aliphatic carbocycles. The molecule has 1 amide bonds. The van der Waals surface area contributed by atoms with E-state index in [4.69, 9.17) is 4.74 Å². The Morgan fingerprint density at radius 3 is 2.76 bits per heavy atom. The fourth-order valence-corrected chi connectivity index (χ4v) is 1.36. The summed E-state index contributed by atoms with van der Waals surface area (Å²) in [5, 5.41) is 13.3. The fourth-order valence-electron chi connectivity index (χ4n) is 1.36. The van der Waals surface area contributed by atoms with Gasteiger partial charge >= 0.3 is 5.69 Å². The molecule has 0 bridgehead atoms. The molecular formula is C11H14N2O4. The number of benzene rings is 1. The molecule has 92 valence electrons. The van der Waals surface area contributed by atoms with E-state index in [0.29, 0.717) is 12.1 Å². The minimum Gasteiger partial charge on any atom is -0.490 e. The summed E-state index contributed by atoms with van der Waals surface area (Å²) in [6.07, 6.45) is 1.11. The monoisotopic (exact) mass is 238 g/mol. The fraction of sp³-hybridized carbons (Fsp3) is 0.364. The second kappa shape index (κ2) is 5.83. The van der Waals surface area contributed by atoms with Crippen molar-refractivity contribution in [3.05, 3.63) is 28.3 Å². The van der Waals surface area contributed by atoms with Crippen LogP contribution in [-0.2, 0) is 4.79 Å².